The van der Waals surface area contributed by atoms with Crippen LogP contribution in [0.5, 0.6) is 0 Å². The second kappa shape index (κ2) is 8.11. The average molecular weight is 362 g/mol. The summed E-state index contributed by atoms with van der Waals surface area (Å²) in [6.07, 6.45) is 4.43. The van der Waals surface area contributed by atoms with Gasteiger partial charge in [-0.05, 0) is 38.0 Å². The summed E-state index contributed by atoms with van der Waals surface area (Å²) < 4.78 is 0. The van der Waals surface area contributed by atoms with Gasteiger partial charge in [-0.2, -0.15) is 0 Å². The van der Waals surface area contributed by atoms with Gasteiger partial charge in [-0.3, -0.25) is 4.79 Å². The number of aliphatic carboxylic acids is 2. The Morgan fingerprint density at radius 1 is 0.923 bits per heavy atom. The Hall–Kier alpha value is -3.42. The number of allylic oxidation sites excluding steroid dienone is 2. The third-order valence-corrected chi connectivity index (χ3v) is 3.88. The fourth-order valence-electron chi connectivity index (χ4n) is 2.28. The maximum atomic E-state index is 10.8. The molecule has 0 fully saturated rings. The van der Waals surface area contributed by atoms with Crippen molar-refractivity contribution < 1.29 is 39.6 Å². The van der Waals surface area contributed by atoms with E-state index in [0.717, 1.165) is 0 Å². The molecule has 2 rings (SSSR count). The summed E-state index contributed by atoms with van der Waals surface area (Å²) in [4.78, 5) is 42.5. The Morgan fingerprint density at radius 2 is 1.42 bits per heavy atom. The lowest BCUT2D eigenvalue weighted by Crippen LogP contribution is -2.28. The predicted octanol–water partition coefficient (Wildman–Crippen LogP) is 2.44. The summed E-state index contributed by atoms with van der Waals surface area (Å²) in [6.45, 7) is 2.98. The van der Waals surface area contributed by atoms with Crippen LogP contribution in [0.1, 0.15) is 39.6 Å². The Kier molecular flexibility index (Phi) is 6.43. The van der Waals surface area contributed by atoms with Crippen molar-refractivity contribution in [3.05, 3.63) is 58.7 Å². The van der Waals surface area contributed by atoms with Gasteiger partial charge in [0.1, 0.15) is 0 Å². The van der Waals surface area contributed by atoms with Crippen molar-refractivity contribution in [3.8, 4) is 0 Å². The van der Waals surface area contributed by atoms with Crippen LogP contribution in [0.15, 0.2) is 42.0 Å². The fraction of sp³-hybridized carbons (Fsp3) is 0.222. The molecule has 26 heavy (non-hydrogen) atoms. The molecule has 0 radical (unpaired) electrons. The minimum absolute atomic E-state index is 0.0277. The largest absolute Gasteiger partial charge is 0.481 e. The van der Waals surface area contributed by atoms with E-state index in [4.69, 9.17) is 20.4 Å². The molecule has 8 nitrogen and oxygen atoms in total. The maximum Gasteiger partial charge on any atom is 0.335 e. The van der Waals surface area contributed by atoms with Crippen LogP contribution in [-0.2, 0) is 9.59 Å². The topological polar surface area (TPSA) is 149 Å². The van der Waals surface area contributed by atoms with Crippen molar-refractivity contribution >= 4 is 23.9 Å². The number of rotatable bonds is 4. The Bertz CT molecular complexity index is 786. The molecule has 4 N–H and O–H groups in total. The van der Waals surface area contributed by atoms with E-state index in [9.17, 15) is 19.2 Å². The first-order valence-corrected chi connectivity index (χ1v) is 7.41. The first kappa shape index (κ1) is 20.6. The van der Waals surface area contributed by atoms with Crippen molar-refractivity contribution in [1.29, 1.82) is 0 Å². The van der Waals surface area contributed by atoms with Gasteiger partial charge in [0.2, 0.25) is 0 Å². The highest BCUT2D eigenvalue weighted by molar-refractivity contribution is 5.96. The van der Waals surface area contributed by atoms with Gasteiger partial charge < -0.3 is 20.4 Å². The third kappa shape index (κ3) is 4.79. The van der Waals surface area contributed by atoms with Crippen molar-refractivity contribution in [1.82, 2.24) is 0 Å². The molecule has 0 bridgehead atoms. The van der Waals surface area contributed by atoms with Crippen molar-refractivity contribution in [2.75, 3.05) is 0 Å². The minimum Gasteiger partial charge on any atom is -0.481 e. The molecule has 0 aliphatic heterocycles. The lowest BCUT2D eigenvalue weighted by Gasteiger charge is -2.23. The van der Waals surface area contributed by atoms with E-state index in [0.29, 0.717) is 0 Å². The predicted molar refractivity (Wildman–Crippen MR) is 90.3 cm³/mol. The van der Waals surface area contributed by atoms with Gasteiger partial charge >= 0.3 is 23.9 Å². The molecular weight excluding hydrogens is 344 g/mol. The Balaban J connectivity index is 0.000000260. The number of aromatic carboxylic acids is 2. The summed E-state index contributed by atoms with van der Waals surface area (Å²) in [5, 5.41) is 34.8. The molecule has 1 aliphatic carbocycles. The SMILES string of the molecule is CC1(C(=O)O)C=CC=C(C(=O)O)C1.Cc1c(C(=O)O)cccc1C(=O)O. The molecule has 1 unspecified atom stereocenters. The number of carboxylic acids is 4. The molecule has 1 atom stereocenters. The van der Waals surface area contributed by atoms with E-state index < -0.39 is 29.3 Å². The van der Waals surface area contributed by atoms with Crippen LogP contribution in [0.4, 0.5) is 0 Å². The summed E-state index contributed by atoms with van der Waals surface area (Å²) in [5.41, 5.74) is -0.614. The summed E-state index contributed by atoms with van der Waals surface area (Å²) in [5.74, 6) is -4.28. The van der Waals surface area contributed by atoms with Crippen LogP contribution in [0.3, 0.4) is 0 Å². The van der Waals surface area contributed by atoms with E-state index in [1.807, 2.05) is 0 Å². The Morgan fingerprint density at radius 3 is 1.81 bits per heavy atom. The maximum absolute atomic E-state index is 10.8. The van der Waals surface area contributed by atoms with Crippen LogP contribution >= 0.6 is 0 Å². The number of benzene rings is 1. The van der Waals surface area contributed by atoms with Gasteiger partial charge in [0.05, 0.1) is 16.5 Å². The smallest absolute Gasteiger partial charge is 0.335 e. The van der Waals surface area contributed by atoms with Crippen molar-refractivity contribution in [2.45, 2.75) is 20.3 Å². The molecular formula is C18H18O8. The molecule has 0 saturated heterocycles. The van der Waals surface area contributed by atoms with Crippen LogP contribution in [0.25, 0.3) is 0 Å². The first-order valence-electron chi connectivity index (χ1n) is 7.41. The van der Waals surface area contributed by atoms with Gasteiger partial charge in [0.15, 0.2) is 0 Å². The van der Waals surface area contributed by atoms with Crippen molar-refractivity contribution in [2.24, 2.45) is 5.41 Å². The molecule has 0 amide bonds. The average Bonchev–Trinajstić information content (AvgIpc) is 2.55. The molecule has 138 valence electrons. The molecule has 8 heteroatoms. The Labute approximate surface area is 148 Å². The zero-order valence-corrected chi connectivity index (χ0v) is 14.1. The second-order valence-corrected chi connectivity index (χ2v) is 5.84. The number of hydrogen-bond acceptors (Lipinski definition) is 4. The zero-order valence-electron chi connectivity index (χ0n) is 14.1. The van der Waals surface area contributed by atoms with Gasteiger partial charge in [-0.15, -0.1) is 0 Å². The molecule has 0 aromatic heterocycles. The standard InChI is InChI=1S/C9H10O4.C9H8O4/c1-9(8(12)13)4-2-3-6(5-9)7(10)11;1-5-6(8(10)11)3-2-4-7(5)9(12)13/h2-4H,5H2,1H3,(H,10,11)(H,12,13);2-4H,1H3,(H,10,11)(H,12,13). The molecule has 1 aromatic rings. The second-order valence-electron chi connectivity index (χ2n) is 5.84. The van der Waals surface area contributed by atoms with Crippen LogP contribution in [0, 0.1) is 12.3 Å². The van der Waals surface area contributed by atoms with Crippen molar-refractivity contribution in [3.63, 3.8) is 0 Å². The van der Waals surface area contributed by atoms with Gasteiger partial charge in [0, 0.05) is 5.57 Å². The van der Waals surface area contributed by atoms with Crippen LogP contribution in [-0.4, -0.2) is 44.3 Å². The van der Waals surface area contributed by atoms with E-state index >= 15 is 0 Å². The van der Waals surface area contributed by atoms with E-state index in [2.05, 4.69) is 0 Å². The molecule has 0 saturated carbocycles. The van der Waals surface area contributed by atoms with Gasteiger partial charge in [-0.1, -0.05) is 24.3 Å². The van der Waals surface area contributed by atoms with Gasteiger partial charge in [-0.25, -0.2) is 14.4 Å². The molecule has 0 spiro atoms. The molecule has 1 aromatic carbocycles. The van der Waals surface area contributed by atoms with E-state index in [1.165, 1.54) is 50.3 Å². The monoisotopic (exact) mass is 362 g/mol. The summed E-state index contributed by atoms with van der Waals surface area (Å²) in [6, 6.07) is 4.17. The zero-order chi connectivity index (χ0) is 20.1. The summed E-state index contributed by atoms with van der Waals surface area (Å²) in [7, 11) is 0. The minimum atomic E-state index is -1.11. The highest BCUT2D eigenvalue weighted by atomic mass is 16.4. The molecule has 1 aliphatic rings. The third-order valence-electron chi connectivity index (χ3n) is 3.88. The number of carboxylic acid groups (broad SMARTS) is 4. The van der Waals surface area contributed by atoms with E-state index in [-0.39, 0.29) is 28.7 Å². The first-order chi connectivity index (χ1) is 12.0. The normalized spacial score (nSPS) is 18.2. The highest BCUT2D eigenvalue weighted by Crippen LogP contribution is 2.31. The lowest BCUT2D eigenvalue weighted by molar-refractivity contribution is -0.145. The van der Waals surface area contributed by atoms with Crippen LogP contribution < -0.4 is 0 Å². The molecule has 0 heterocycles. The number of carbonyl (C=O) groups is 4. The highest BCUT2D eigenvalue weighted by Gasteiger charge is 2.34. The fourth-order valence-corrected chi connectivity index (χ4v) is 2.28. The van der Waals surface area contributed by atoms with Gasteiger partial charge in [0.25, 0.3) is 0 Å². The summed E-state index contributed by atoms with van der Waals surface area (Å²) >= 11 is 0. The van der Waals surface area contributed by atoms with Crippen LogP contribution in [0.2, 0.25) is 0 Å². The lowest BCUT2D eigenvalue weighted by atomic mass is 9.80. The van der Waals surface area contributed by atoms with E-state index in [1.54, 1.807) is 0 Å². The number of hydrogen-bond donors (Lipinski definition) is 4. The quantitative estimate of drug-likeness (QED) is 0.638.